The van der Waals surface area contributed by atoms with Crippen molar-refractivity contribution in [3.8, 4) is 12.3 Å². The number of hydrogen-bond acceptors (Lipinski definition) is 3. The van der Waals surface area contributed by atoms with Gasteiger partial charge in [-0.15, -0.1) is 6.42 Å². The highest BCUT2D eigenvalue weighted by atomic mass is 16.4. The second-order valence-corrected chi connectivity index (χ2v) is 1.63. The van der Waals surface area contributed by atoms with Gasteiger partial charge < -0.3 is 10.2 Å². The molecule has 0 saturated heterocycles. The van der Waals surface area contributed by atoms with Crippen LogP contribution in [0.4, 0.5) is 0 Å². The first-order valence-electron chi connectivity index (χ1n) is 2.80. The van der Waals surface area contributed by atoms with Crippen LogP contribution in [-0.4, -0.2) is 28.6 Å². The second-order valence-electron chi connectivity index (χ2n) is 1.63. The minimum Gasteiger partial charge on any atom is -0.481 e. The Kier molecular flexibility index (Phi) is 9.72. The number of Topliss-reactive ketones (excluding diaryl/α,β-unsaturated/α-hetero) is 1. The zero-order valence-corrected chi connectivity index (χ0v) is 6.20. The number of ketones is 1. The molecule has 0 unspecified atom stereocenters. The lowest BCUT2D eigenvalue weighted by molar-refractivity contribution is -0.139. The van der Waals surface area contributed by atoms with E-state index < -0.39 is 5.97 Å². The Labute approximate surface area is 64.8 Å². The zero-order valence-electron chi connectivity index (χ0n) is 6.20. The topological polar surface area (TPSA) is 74.6 Å². The molecule has 62 valence electrons. The van der Waals surface area contributed by atoms with Crippen LogP contribution in [0, 0.1) is 12.3 Å². The zero-order chi connectivity index (χ0) is 9.28. The first kappa shape index (κ1) is 12.3. The molecule has 0 aromatic carbocycles. The lowest BCUT2D eigenvalue weighted by atomic mass is 10.3. The average molecular weight is 158 g/mol. The number of aliphatic hydroxyl groups is 1. The van der Waals surface area contributed by atoms with Crippen molar-refractivity contribution in [1.29, 1.82) is 0 Å². The van der Waals surface area contributed by atoms with Crippen LogP contribution < -0.4 is 0 Å². The summed E-state index contributed by atoms with van der Waals surface area (Å²) in [7, 11) is 0. The second kappa shape index (κ2) is 8.66. The van der Waals surface area contributed by atoms with Gasteiger partial charge in [-0.1, -0.05) is 5.92 Å². The summed E-state index contributed by atoms with van der Waals surface area (Å²) in [4.78, 5) is 19.5. The summed E-state index contributed by atoms with van der Waals surface area (Å²) in [6.45, 7) is 1.09. The number of rotatable bonds is 2. The van der Waals surface area contributed by atoms with Crippen molar-refractivity contribution in [3.63, 3.8) is 0 Å². The minimum atomic E-state index is -1.06. The molecule has 0 aliphatic rings. The Hall–Kier alpha value is -1.34. The maximum absolute atomic E-state index is 9.87. The molecule has 4 nitrogen and oxygen atoms in total. The van der Waals surface area contributed by atoms with E-state index in [1.54, 1.807) is 0 Å². The van der Waals surface area contributed by atoms with E-state index in [2.05, 4.69) is 6.42 Å². The molecule has 0 aromatic heterocycles. The predicted octanol–water partition coefficient (Wildman–Crippen LogP) is -0.338. The van der Waals surface area contributed by atoms with Crippen molar-refractivity contribution < 1.29 is 19.8 Å². The smallest absolute Gasteiger partial charge is 0.310 e. The van der Waals surface area contributed by atoms with E-state index in [0.29, 0.717) is 0 Å². The summed E-state index contributed by atoms with van der Waals surface area (Å²) in [5.41, 5.74) is 0. The summed E-state index contributed by atoms with van der Waals surface area (Å²) < 4.78 is 0. The number of hydrogen-bond donors (Lipinski definition) is 2. The fourth-order valence-electron chi connectivity index (χ4n) is 0.213. The number of carbonyl (C=O) groups is 2. The Balaban J connectivity index is 0. The maximum Gasteiger partial charge on any atom is 0.310 e. The molecular formula is C7H10O4. The van der Waals surface area contributed by atoms with Gasteiger partial charge in [0, 0.05) is 0 Å². The Morgan fingerprint density at radius 3 is 1.91 bits per heavy atom. The predicted molar refractivity (Wildman–Crippen MR) is 38.9 cm³/mol. The molecule has 4 heteroatoms. The summed E-state index contributed by atoms with van der Waals surface area (Å²) >= 11 is 0. The van der Waals surface area contributed by atoms with Gasteiger partial charge in [-0.25, -0.2) is 0 Å². The highest BCUT2D eigenvalue weighted by Gasteiger charge is 1.98. The molecule has 0 rings (SSSR count). The molecule has 0 bridgehead atoms. The van der Waals surface area contributed by atoms with Crippen LogP contribution in [0.1, 0.15) is 13.3 Å². The molecule has 2 N–H and O–H groups in total. The number of aliphatic hydroxyl groups excluding tert-OH is 1. The summed E-state index contributed by atoms with van der Waals surface area (Å²) in [6.07, 6.45) is 4.17. The molecule has 0 aromatic rings. The molecule has 0 fully saturated rings. The number of carboxylic acids is 1. The van der Waals surface area contributed by atoms with Crippen LogP contribution in [0.5, 0.6) is 0 Å². The van der Waals surface area contributed by atoms with Crippen LogP contribution in [0.3, 0.4) is 0 Å². The van der Waals surface area contributed by atoms with E-state index in [1.165, 1.54) is 6.92 Å². The van der Waals surface area contributed by atoms with Gasteiger partial charge in [-0.3, -0.25) is 9.59 Å². The SMILES string of the molecule is C#CCO.CC(=O)CC(=O)O. The number of carbonyl (C=O) groups excluding carboxylic acids is 1. The summed E-state index contributed by atoms with van der Waals surface area (Å²) in [5, 5.41) is 15.5. The molecule has 11 heavy (non-hydrogen) atoms. The van der Waals surface area contributed by atoms with E-state index in [-0.39, 0.29) is 18.8 Å². The van der Waals surface area contributed by atoms with Crippen molar-refractivity contribution in [2.45, 2.75) is 13.3 Å². The van der Waals surface area contributed by atoms with Crippen molar-refractivity contribution >= 4 is 11.8 Å². The van der Waals surface area contributed by atoms with Gasteiger partial charge >= 0.3 is 5.97 Å². The third-order valence-corrected chi connectivity index (χ3v) is 0.491. The van der Waals surface area contributed by atoms with Crippen molar-refractivity contribution in [2.75, 3.05) is 6.61 Å². The van der Waals surface area contributed by atoms with Crippen molar-refractivity contribution in [1.82, 2.24) is 0 Å². The molecule has 0 saturated carbocycles. The first-order valence-corrected chi connectivity index (χ1v) is 2.80. The van der Waals surface area contributed by atoms with Gasteiger partial charge in [-0.2, -0.15) is 0 Å². The quantitative estimate of drug-likeness (QED) is 0.426. The first-order chi connectivity index (χ1) is 5.04. The van der Waals surface area contributed by atoms with Gasteiger partial charge in [-0.05, 0) is 6.92 Å². The molecular weight excluding hydrogens is 148 g/mol. The van der Waals surface area contributed by atoms with E-state index in [0.717, 1.165) is 0 Å². The fraction of sp³-hybridized carbons (Fsp3) is 0.429. The third-order valence-electron chi connectivity index (χ3n) is 0.491. The Morgan fingerprint density at radius 1 is 1.55 bits per heavy atom. The van der Waals surface area contributed by atoms with Gasteiger partial charge in [0.1, 0.15) is 18.8 Å². The number of terminal acetylenes is 1. The van der Waals surface area contributed by atoms with Crippen LogP contribution >= 0.6 is 0 Å². The standard InChI is InChI=1S/C4H6O3.C3H4O/c1-3(5)2-4(6)7;1-2-3-4/h2H2,1H3,(H,6,7);1,4H,3H2. The highest BCUT2D eigenvalue weighted by Crippen LogP contribution is 1.77. The largest absolute Gasteiger partial charge is 0.481 e. The van der Waals surface area contributed by atoms with E-state index in [4.69, 9.17) is 10.2 Å². The van der Waals surface area contributed by atoms with Gasteiger partial charge in [0.25, 0.3) is 0 Å². The fourth-order valence-corrected chi connectivity index (χ4v) is 0.213. The molecule has 0 heterocycles. The summed E-state index contributed by atoms with van der Waals surface area (Å²) in [5.74, 6) is 0.611. The minimum absolute atomic E-state index is 0.153. The Morgan fingerprint density at radius 2 is 1.91 bits per heavy atom. The highest BCUT2D eigenvalue weighted by molar-refractivity contribution is 5.93. The molecule has 0 spiro atoms. The Bertz CT molecular complexity index is 154. The van der Waals surface area contributed by atoms with E-state index >= 15 is 0 Å². The van der Waals surface area contributed by atoms with E-state index in [1.807, 2.05) is 5.92 Å². The van der Waals surface area contributed by atoms with Crippen LogP contribution in [0.2, 0.25) is 0 Å². The van der Waals surface area contributed by atoms with Crippen LogP contribution in [0.15, 0.2) is 0 Å². The lowest BCUT2D eigenvalue weighted by Crippen LogP contribution is -2.00. The molecule has 0 aliphatic carbocycles. The monoisotopic (exact) mass is 158 g/mol. The van der Waals surface area contributed by atoms with E-state index in [9.17, 15) is 9.59 Å². The lowest BCUT2D eigenvalue weighted by Gasteiger charge is -1.80. The van der Waals surface area contributed by atoms with Gasteiger partial charge in [0.2, 0.25) is 0 Å². The molecule has 0 aliphatic heterocycles. The molecule has 0 atom stereocenters. The van der Waals surface area contributed by atoms with Gasteiger partial charge in [0.05, 0.1) is 0 Å². The number of carboxylic acid groups (broad SMARTS) is 1. The third kappa shape index (κ3) is 28.7. The molecule has 0 amide bonds. The van der Waals surface area contributed by atoms with Crippen LogP contribution in [0.25, 0.3) is 0 Å². The van der Waals surface area contributed by atoms with Crippen molar-refractivity contribution in [2.24, 2.45) is 0 Å². The average Bonchev–Trinajstić information content (AvgIpc) is 1.85. The molecule has 0 radical (unpaired) electrons. The number of aliphatic carboxylic acids is 1. The normalized spacial score (nSPS) is 7.00. The van der Waals surface area contributed by atoms with Crippen LogP contribution in [-0.2, 0) is 9.59 Å². The van der Waals surface area contributed by atoms with Gasteiger partial charge in [0.15, 0.2) is 0 Å². The maximum atomic E-state index is 9.87. The van der Waals surface area contributed by atoms with Crippen molar-refractivity contribution in [3.05, 3.63) is 0 Å². The summed E-state index contributed by atoms with van der Waals surface area (Å²) in [6, 6.07) is 0.